The molecule has 0 spiro atoms. The number of nitrogens with zero attached hydrogens (tertiary/aromatic N) is 4. The van der Waals surface area contributed by atoms with Crippen molar-refractivity contribution in [3.8, 4) is 0 Å². The highest BCUT2D eigenvalue weighted by Crippen LogP contribution is 2.34. The summed E-state index contributed by atoms with van der Waals surface area (Å²) in [5, 5.41) is 9.06. The fraction of sp³-hybridized carbons (Fsp3) is 0.333. The van der Waals surface area contributed by atoms with Gasteiger partial charge in [0.15, 0.2) is 0 Å². The van der Waals surface area contributed by atoms with E-state index in [1.165, 1.54) is 10.5 Å². The van der Waals surface area contributed by atoms with Crippen LogP contribution in [0, 0.1) is 12.8 Å². The summed E-state index contributed by atoms with van der Waals surface area (Å²) >= 11 is 6.11. The Labute approximate surface area is 198 Å². The van der Waals surface area contributed by atoms with E-state index in [1.54, 1.807) is 12.3 Å². The number of aryl methyl sites for hydroxylation is 1. The molecule has 2 aromatic heterocycles. The van der Waals surface area contributed by atoms with Gasteiger partial charge in [-0.05, 0) is 37.5 Å². The maximum atomic E-state index is 13.5. The summed E-state index contributed by atoms with van der Waals surface area (Å²) in [4.78, 5) is 56.6. The third-order valence-corrected chi connectivity index (χ3v) is 7.00. The molecule has 0 aliphatic carbocycles. The number of carbonyl (C=O) groups excluding carboxylic acids is 2. The Bertz CT molecular complexity index is 1280. The van der Waals surface area contributed by atoms with Gasteiger partial charge in [-0.2, -0.15) is 0 Å². The van der Waals surface area contributed by atoms with Crippen molar-refractivity contribution in [3.05, 3.63) is 44.7 Å². The molecule has 2 saturated heterocycles. The van der Waals surface area contributed by atoms with Crippen LogP contribution in [0.2, 0.25) is 0 Å². The molecule has 2 aliphatic heterocycles. The third-order valence-electron chi connectivity index (χ3n) is 5.62. The third kappa shape index (κ3) is 4.48. The number of primary amides is 1. The number of pyridine rings is 1. The highest BCUT2D eigenvalue weighted by atomic mass is 32.2. The summed E-state index contributed by atoms with van der Waals surface area (Å²) in [5.41, 5.74) is 6.60. The van der Waals surface area contributed by atoms with E-state index >= 15 is 0 Å². The van der Waals surface area contributed by atoms with E-state index in [-0.39, 0.29) is 32.2 Å². The predicted molar refractivity (Wildman–Crippen MR) is 128 cm³/mol. The van der Waals surface area contributed by atoms with Crippen molar-refractivity contribution in [3.63, 3.8) is 0 Å². The molecule has 3 N–H and O–H groups in total. The number of nitrogens with two attached hydrogens (primary N) is 1. The van der Waals surface area contributed by atoms with Gasteiger partial charge in [-0.25, -0.2) is 4.98 Å². The number of carboxylic acids is 1. The Hall–Kier alpha value is -3.25. The lowest BCUT2D eigenvalue weighted by molar-refractivity contribution is -0.140. The van der Waals surface area contributed by atoms with Crippen LogP contribution in [0.25, 0.3) is 11.7 Å². The van der Waals surface area contributed by atoms with Gasteiger partial charge in [0.2, 0.25) is 5.91 Å². The van der Waals surface area contributed by atoms with Gasteiger partial charge < -0.3 is 15.7 Å². The fourth-order valence-corrected chi connectivity index (χ4v) is 5.13. The molecule has 10 nitrogen and oxygen atoms in total. The largest absolute Gasteiger partial charge is 0.480 e. The maximum Gasteiger partial charge on any atom is 0.323 e. The van der Waals surface area contributed by atoms with E-state index < -0.39 is 18.4 Å². The number of fused-ring (bicyclic) bond motifs is 1. The molecule has 0 saturated carbocycles. The van der Waals surface area contributed by atoms with Crippen molar-refractivity contribution < 1.29 is 19.5 Å². The summed E-state index contributed by atoms with van der Waals surface area (Å²) in [7, 11) is 0. The van der Waals surface area contributed by atoms with Crippen molar-refractivity contribution in [2.45, 2.75) is 19.8 Å². The molecular weight excluding hydrogens is 466 g/mol. The number of aromatic nitrogens is 2. The van der Waals surface area contributed by atoms with Crippen LogP contribution in [-0.2, 0) is 14.4 Å². The Kier molecular flexibility index (Phi) is 6.21. The van der Waals surface area contributed by atoms with Crippen LogP contribution >= 0.6 is 24.0 Å². The highest BCUT2D eigenvalue weighted by Gasteiger charge is 2.34. The molecule has 33 heavy (non-hydrogen) atoms. The first-order chi connectivity index (χ1) is 15.7. The zero-order valence-electron chi connectivity index (χ0n) is 17.7. The van der Waals surface area contributed by atoms with E-state index in [4.69, 9.17) is 28.0 Å². The van der Waals surface area contributed by atoms with Crippen LogP contribution in [0.4, 0.5) is 5.82 Å². The standard InChI is InChI=1S/C21H21N5O5S2/c1-11-2-3-15-23-18(24-6-4-12(5-7-24)17(22)29)13(19(30)25(15)9-11)8-14-20(31)26(10-16(27)28)21(32)33-14/h2-3,8-9,12H,4-7,10H2,1H3,(H2,22,29)(H,27,28)/b14-8-. The number of amides is 2. The van der Waals surface area contributed by atoms with Crippen molar-refractivity contribution in [2.24, 2.45) is 11.7 Å². The molecule has 0 atom stereocenters. The number of piperidine rings is 1. The van der Waals surface area contributed by atoms with E-state index in [1.807, 2.05) is 17.9 Å². The normalized spacial score (nSPS) is 18.5. The van der Waals surface area contributed by atoms with Gasteiger partial charge in [-0.15, -0.1) is 0 Å². The van der Waals surface area contributed by atoms with Crippen LogP contribution in [0.1, 0.15) is 24.0 Å². The van der Waals surface area contributed by atoms with Crippen LogP contribution < -0.4 is 16.2 Å². The topological polar surface area (TPSA) is 138 Å². The SMILES string of the molecule is Cc1ccc2nc(N3CCC(C(N)=O)CC3)c(/C=C3\SC(=S)N(CC(=O)O)C3=O)c(=O)n2c1. The second-order valence-electron chi connectivity index (χ2n) is 7.91. The van der Waals surface area contributed by atoms with Crippen LogP contribution in [0.15, 0.2) is 28.0 Å². The molecule has 172 valence electrons. The second-order valence-corrected chi connectivity index (χ2v) is 9.59. The quantitative estimate of drug-likeness (QED) is 0.467. The van der Waals surface area contributed by atoms with E-state index in [0.717, 1.165) is 22.2 Å². The van der Waals surface area contributed by atoms with Crippen molar-refractivity contribution in [1.82, 2.24) is 14.3 Å². The molecule has 0 unspecified atom stereocenters. The number of rotatable bonds is 5. The molecule has 2 aliphatic rings. The summed E-state index contributed by atoms with van der Waals surface area (Å²) in [6.45, 7) is 2.25. The number of carboxylic acid groups (broad SMARTS) is 1. The Balaban J connectivity index is 1.81. The lowest BCUT2D eigenvalue weighted by Crippen LogP contribution is -2.40. The fourth-order valence-electron chi connectivity index (χ4n) is 3.89. The van der Waals surface area contributed by atoms with Crippen molar-refractivity contribution >= 4 is 63.6 Å². The molecule has 12 heteroatoms. The average molecular weight is 488 g/mol. The number of carbonyl (C=O) groups is 3. The average Bonchev–Trinajstić information content (AvgIpc) is 3.03. The van der Waals surface area contributed by atoms with Crippen LogP contribution in [0.5, 0.6) is 0 Å². The van der Waals surface area contributed by atoms with Crippen LogP contribution in [-0.4, -0.2) is 61.1 Å². The lowest BCUT2D eigenvalue weighted by Gasteiger charge is -2.32. The first kappa shape index (κ1) is 22.9. The number of thiocarbonyl (C=S) groups is 1. The summed E-state index contributed by atoms with van der Waals surface area (Å²) in [5.74, 6) is -1.94. The Morgan fingerprint density at radius 3 is 2.64 bits per heavy atom. The second kappa shape index (κ2) is 8.94. The van der Waals surface area contributed by atoms with Gasteiger partial charge in [0.25, 0.3) is 11.5 Å². The minimum Gasteiger partial charge on any atom is -0.480 e. The Morgan fingerprint density at radius 2 is 2.00 bits per heavy atom. The molecule has 0 aromatic carbocycles. The number of aliphatic carboxylic acids is 1. The summed E-state index contributed by atoms with van der Waals surface area (Å²) in [6, 6.07) is 3.59. The molecule has 2 fully saturated rings. The summed E-state index contributed by atoms with van der Waals surface area (Å²) < 4.78 is 1.53. The zero-order chi connectivity index (χ0) is 23.9. The Morgan fingerprint density at radius 1 is 1.30 bits per heavy atom. The molecule has 0 radical (unpaired) electrons. The van der Waals surface area contributed by atoms with Crippen LogP contribution in [0.3, 0.4) is 0 Å². The minimum atomic E-state index is -1.19. The van der Waals surface area contributed by atoms with Gasteiger partial charge in [0.1, 0.15) is 22.3 Å². The van der Waals surface area contributed by atoms with Gasteiger partial charge in [-0.1, -0.05) is 30.0 Å². The van der Waals surface area contributed by atoms with E-state index in [2.05, 4.69) is 0 Å². The molecule has 4 rings (SSSR count). The maximum absolute atomic E-state index is 13.5. The minimum absolute atomic E-state index is 0.113. The molecular formula is C21H21N5O5S2. The number of anilines is 1. The molecule has 4 heterocycles. The zero-order valence-corrected chi connectivity index (χ0v) is 19.3. The van der Waals surface area contributed by atoms with Crippen molar-refractivity contribution in [1.29, 1.82) is 0 Å². The lowest BCUT2D eigenvalue weighted by atomic mass is 9.96. The highest BCUT2D eigenvalue weighted by molar-refractivity contribution is 8.26. The van der Waals surface area contributed by atoms with E-state index in [9.17, 15) is 19.2 Å². The van der Waals surface area contributed by atoms with Gasteiger partial charge in [-0.3, -0.25) is 28.5 Å². The number of thioether (sulfide) groups is 1. The number of hydrogen-bond acceptors (Lipinski definition) is 8. The van der Waals surface area contributed by atoms with Crippen molar-refractivity contribution in [2.75, 3.05) is 24.5 Å². The van der Waals surface area contributed by atoms with Gasteiger partial charge >= 0.3 is 5.97 Å². The summed E-state index contributed by atoms with van der Waals surface area (Å²) in [6.07, 6.45) is 4.16. The number of hydrogen-bond donors (Lipinski definition) is 2. The smallest absolute Gasteiger partial charge is 0.323 e. The predicted octanol–water partition coefficient (Wildman–Crippen LogP) is 0.990. The molecule has 0 bridgehead atoms. The molecule has 2 amide bonds. The van der Waals surface area contributed by atoms with Gasteiger partial charge in [0, 0.05) is 25.2 Å². The monoisotopic (exact) mass is 487 g/mol. The molecule has 2 aromatic rings. The van der Waals surface area contributed by atoms with Gasteiger partial charge in [0.05, 0.1) is 10.5 Å². The first-order valence-electron chi connectivity index (χ1n) is 10.2. The van der Waals surface area contributed by atoms with E-state index in [0.29, 0.717) is 37.4 Å². The first-order valence-corrected chi connectivity index (χ1v) is 11.4.